The molecular formula is C25H31Cl2N3O3. The number of carbonyl (C=O) groups excluding carboxylic acids is 3. The predicted molar refractivity (Wildman–Crippen MR) is 133 cm³/mol. The number of anilines is 1. The van der Waals surface area contributed by atoms with E-state index in [-0.39, 0.29) is 42.8 Å². The number of aryl methyl sites for hydroxylation is 1. The van der Waals surface area contributed by atoms with Crippen molar-refractivity contribution in [3.8, 4) is 0 Å². The van der Waals surface area contributed by atoms with Gasteiger partial charge in [0.05, 0.1) is 6.54 Å². The fraction of sp³-hybridized carbons (Fsp3) is 0.440. The van der Waals surface area contributed by atoms with Gasteiger partial charge in [-0.25, -0.2) is 4.98 Å². The summed E-state index contributed by atoms with van der Waals surface area (Å²) < 4.78 is 0. The van der Waals surface area contributed by atoms with Crippen LogP contribution in [0.1, 0.15) is 61.6 Å². The lowest BCUT2D eigenvalue weighted by Crippen LogP contribution is -2.30. The third-order valence-electron chi connectivity index (χ3n) is 5.32. The van der Waals surface area contributed by atoms with Gasteiger partial charge < -0.3 is 15.4 Å². The molecular weight excluding hydrogens is 461 g/mol. The van der Waals surface area contributed by atoms with Crippen molar-refractivity contribution in [2.45, 2.75) is 58.8 Å². The summed E-state index contributed by atoms with van der Waals surface area (Å²) in [4.78, 5) is 40.6. The van der Waals surface area contributed by atoms with E-state index in [1.54, 1.807) is 18.3 Å². The van der Waals surface area contributed by atoms with Crippen molar-refractivity contribution < 1.29 is 14.4 Å². The van der Waals surface area contributed by atoms with Crippen LogP contribution in [-0.2, 0) is 14.4 Å². The Morgan fingerprint density at radius 2 is 1.73 bits per heavy atom. The highest BCUT2D eigenvalue weighted by Gasteiger charge is 2.20. The first kappa shape index (κ1) is 26.8. The molecule has 2 aromatic rings. The van der Waals surface area contributed by atoms with Crippen molar-refractivity contribution in [3.05, 3.63) is 57.2 Å². The van der Waals surface area contributed by atoms with E-state index in [9.17, 15) is 14.4 Å². The zero-order chi connectivity index (χ0) is 24.4. The summed E-state index contributed by atoms with van der Waals surface area (Å²) in [5.41, 5.74) is 2.64. The average Bonchev–Trinajstić information content (AvgIpc) is 2.74. The Kier molecular flexibility index (Phi) is 10.8. The van der Waals surface area contributed by atoms with E-state index in [0.29, 0.717) is 22.9 Å². The maximum Gasteiger partial charge on any atom is 0.220 e. The van der Waals surface area contributed by atoms with Gasteiger partial charge in [-0.2, -0.15) is 0 Å². The van der Waals surface area contributed by atoms with Gasteiger partial charge in [-0.05, 0) is 80.5 Å². The number of amides is 1. The summed E-state index contributed by atoms with van der Waals surface area (Å²) in [5.74, 6) is 0.153. The SMILES string of the molecule is CC(=O)CC(CC(=O)CNC(=O)CCCCNc1cc(C)ccn1)c1cc(Cl)c(C)c(Cl)c1. The number of aromatic nitrogens is 1. The fourth-order valence-electron chi connectivity index (χ4n) is 3.45. The molecule has 6 nitrogen and oxygen atoms in total. The number of ketones is 2. The van der Waals surface area contributed by atoms with Gasteiger partial charge in [0.15, 0.2) is 5.78 Å². The molecule has 0 spiro atoms. The molecule has 1 atom stereocenters. The van der Waals surface area contributed by atoms with Crippen LogP contribution in [0.25, 0.3) is 0 Å². The number of nitrogens with one attached hydrogen (secondary N) is 2. The largest absolute Gasteiger partial charge is 0.370 e. The van der Waals surface area contributed by atoms with Crippen LogP contribution in [0.3, 0.4) is 0 Å². The van der Waals surface area contributed by atoms with Crippen LogP contribution >= 0.6 is 23.2 Å². The average molecular weight is 492 g/mol. The highest BCUT2D eigenvalue weighted by Crippen LogP contribution is 2.32. The van der Waals surface area contributed by atoms with E-state index < -0.39 is 0 Å². The molecule has 1 aromatic heterocycles. The van der Waals surface area contributed by atoms with Crippen LogP contribution in [0.2, 0.25) is 10.0 Å². The van der Waals surface area contributed by atoms with Gasteiger partial charge in [0.25, 0.3) is 0 Å². The molecule has 0 bridgehead atoms. The second kappa shape index (κ2) is 13.3. The summed E-state index contributed by atoms with van der Waals surface area (Å²) >= 11 is 12.5. The molecule has 1 heterocycles. The van der Waals surface area contributed by atoms with Gasteiger partial charge in [0.2, 0.25) is 5.91 Å². The number of benzene rings is 1. The molecule has 1 unspecified atom stereocenters. The van der Waals surface area contributed by atoms with Gasteiger partial charge >= 0.3 is 0 Å². The van der Waals surface area contributed by atoms with Gasteiger partial charge in [-0.1, -0.05) is 23.2 Å². The first-order valence-corrected chi connectivity index (χ1v) is 11.8. The second-order valence-electron chi connectivity index (χ2n) is 8.33. The Hall–Kier alpha value is -2.44. The van der Waals surface area contributed by atoms with E-state index >= 15 is 0 Å². The summed E-state index contributed by atoms with van der Waals surface area (Å²) in [5, 5.41) is 6.91. The highest BCUT2D eigenvalue weighted by molar-refractivity contribution is 6.36. The summed E-state index contributed by atoms with van der Waals surface area (Å²) in [6, 6.07) is 7.41. The number of halogens is 2. The second-order valence-corrected chi connectivity index (χ2v) is 9.15. The van der Waals surface area contributed by atoms with Gasteiger partial charge in [0.1, 0.15) is 11.6 Å². The number of hydrogen-bond acceptors (Lipinski definition) is 5. The molecule has 1 aromatic carbocycles. The molecule has 0 aliphatic rings. The summed E-state index contributed by atoms with van der Waals surface area (Å²) in [6.45, 7) is 5.96. The lowest BCUT2D eigenvalue weighted by molar-refractivity contribution is -0.125. The van der Waals surface area contributed by atoms with Crippen molar-refractivity contribution >= 4 is 46.5 Å². The third kappa shape index (κ3) is 9.52. The zero-order valence-corrected chi connectivity index (χ0v) is 20.9. The molecule has 8 heteroatoms. The molecule has 0 aliphatic heterocycles. The Bertz CT molecular complexity index is 972. The highest BCUT2D eigenvalue weighted by atomic mass is 35.5. The standard InChI is InChI=1S/C25H31Cl2N3O3/c1-16-7-9-29-24(10-16)28-8-5-4-6-25(33)30-15-21(32)12-19(11-17(2)31)20-13-22(26)18(3)23(27)14-20/h7,9-10,13-14,19H,4-6,8,11-12,15H2,1-3H3,(H,28,29)(H,30,33). The summed E-state index contributed by atoms with van der Waals surface area (Å²) in [7, 11) is 0. The van der Waals surface area contributed by atoms with E-state index in [4.69, 9.17) is 23.2 Å². The van der Waals surface area contributed by atoms with E-state index in [1.807, 2.05) is 26.0 Å². The first-order chi connectivity index (χ1) is 15.7. The lowest BCUT2D eigenvalue weighted by atomic mass is 9.89. The predicted octanol–water partition coefficient (Wildman–Crippen LogP) is 5.43. The van der Waals surface area contributed by atoms with Gasteiger partial charge in [-0.3, -0.25) is 9.59 Å². The molecule has 178 valence electrons. The molecule has 1 amide bonds. The number of hydrogen-bond donors (Lipinski definition) is 2. The monoisotopic (exact) mass is 491 g/mol. The molecule has 0 radical (unpaired) electrons. The smallest absolute Gasteiger partial charge is 0.220 e. The molecule has 0 saturated heterocycles. The molecule has 33 heavy (non-hydrogen) atoms. The van der Waals surface area contributed by atoms with Crippen molar-refractivity contribution in [3.63, 3.8) is 0 Å². The maximum absolute atomic E-state index is 12.5. The number of unbranched alkanes of at least 4 members (excludes halogenated alkanes) is 1. The lowest BCUT2D eigenvalue weighted by Gasteiger charge is -2.17. The Labute approximate surface area is 205 Å². The van der Waals surface area contributed by atoms with Crippen LogP contribution < -0.4 is 10.6 Å². The quantitative estimate of drug-likeness (QED) is 0.365. The number of pyridine rings is 1. The minimum Gasteiger partial charge on any atom is -0.370 e. The molecule has 0 saturated carbocycles. The van der Waals surface area contributed by atoms with E-state index in [2.05, 4.69) is 15.6 Å². The van der Waals surface area contributed by atoms with Crippen molar-refractivity contribution in [2.24, 2.45) is 0 Å². The minimum atomic E-state index is -0.330. The number of Topliss-reactive ketones (excluding diaryl/α,β-unsaturated/α-hetero) is 2. The van der Waals surface area contributed by atoms with Crippen LogP contribution in [-0.4, -0.2) is 35.5 Å². The van der Waals surface area contributed by atoms with E-state index in [1.165, 1.54) is 6.92 Å². The number of nitrogens with zero attached hydrogens (tertiary/aromatic N) is 1. The van der Waals surface area contributed by atoms with Crippen LogP contribution in [0.15, 0.2) is 30.5 Å². The minimum absolute atomic E-state index is 0.0286. The first-order valence-electron chi connectivity index (χ1n) is 11.1. The Balaban J connectivity index is 1.76. The van der Waals surface area contributed by atoms with Crippen molar-refractivity contribution in [2.75, 3.05) is 18.4 Å². The normalized spacial score (nSPS) is 11.7. The van der Waals surface area contributed by atoms with E-state index in [0.717, 1.165) is 35.5 Å². The molecule has 2 N–H and O–H groups in total. The van der Waals surface area contributed by atoms with Gasteiger partial charge in [0, 0.05) is 42.0 Å². The van der Waals surface area contributed by atoms with Crippen molar-refractivity contribution in [1.29, 1.82) is 0 Å². The number of carbonyl (C=O) groups is 3. The van der Waals surface area contributed by atoms with Crippen LogP contribution in [0.5, 0.6) is 0 Å². The maximum atomic E-state index is 12.5. The molecule has 0 fully saturated rings. The fourth-order valence-corrected chi connectivity index (χ4v) is 3.95. The number of rotatable bonds is 13. The van der Waals surface area contributed by atoms with Crippen LogP contribution in [0, 0.1) is 13.8 Å². The topological polar surface area (TPSA) is 88.2 Å². The van der Waals surface area contributed by atoms with Crippen molar-refractivity contribution in [1.82, 2.24) is 10.3 Å². The third-order valence-corrected chi connectivity index (χ3v) is 6.10. The zero-order valence-electron chi connectivity index (χ0n) is 19.3. The Morgan fingerprint density at radius 1 is 1.03 bits per heavy atom. The van der Waals surface area contributed by atoms with Crippen LogP contribution in [0.4, 0.5) is 5.82 Å². The molecule has 2 rings (SSSR count). The Morgan fingerprint density at radius 3 is 2.36 bits per heavy atom. The summed E-state index contributed by atoms with van der Waals surface area (Å²) in [6.07, 6.45) is 3.95. The molecule has 0 aliphatic carbocycles. The van der Waals surface area contributed by atoms with Gasteiger partial charge in [-0.15, -0.1) is 0 Å².